The number of aromatic nitrogens is 2. The van der Waals surface area contributed by atoms with Crippen molar-refractivity contribution in [1.82, 2.24) is 14.9 Å². The molecule has 7 nitrogen and oxygen atoms in total. The summed E-state index contributed by atoms with van der Waals surface area (Å²) in [6.45, 7) is 2.32. The third-order valence-electron chi connectivity index (χ3n) is 5.38. The summed E-state index contributed by atoms with van der Waals surface area (Å²) in [5.74, 6) is 0.965. The molecule has 36 heavy (non-hydrogen) atoms. The molecule has 0 bridgehead atoms. The number of carbonyl (C=O) groups is 1. The van der Waals surface area contributed by atoms with E-state index in [1.165, 1.54) is 24.3 Å². The van der Waals surface area contributed by atoms with Crippen molar-refractivity contribution in [2.45, 2.75) is 24.7 Å². The fourth-order valence-electron chi connectivity index (χ4n) is 3.58. The zero-order valence-electron chi connectivity index (χ0n) is 20.1. The van der Waals surface area contributed by atoms with E-state index < -0.39 is 16.1 Å². The molecule has 0 aliphatic heterocycles. The van der Waals surface area contributed by atoms with Crippen LogP contribution >= 0.6 is 11.6 Å². The molecule has 4 rings (SSSR count). The number of imidazole rings is 1. The van der Waals surface area contributed by atoms with E-state index in [1.807, 2.05) is 60.8 Å². The third kappa shape index (κ3) is 6.99. The molecule has 10 heteroatoms. The van der Waals surface area contributed by atoms with Crippen molar-refractivity contribution < 1.29 is 42.8 Å². The first-order chi connectivity index (χ1) is 16.9. The van der Waals surface area contributed by atoms with Crippen molar-refractivity contribution in [3.63, 3.8) is 0 Å². The Bertz CT molecular complexity index is 1410. The minimum atomic E-state index is -4.09. The fourth-order valence-corrected chi connectivity index (χ4v) is 4.57. The molecule has 4 aromatic rings. The number of aryl methyl sites for hydroxylation is 1. The molecule has 0 saturated heterocycles. The van der Waals surface area contributed by atoms with Crippen molar-refractivity contribution in [2.75, 3.05) is 6.54 Å². The van der Waals surface area contributed by atoms with Gasteiger partial charge in [0, 0.05) is 28.9 Å². The van der Waals surface area contributed by atoms with Gasteiger partial charge in [-0.1, -0.05) is 61.0 Å². The van der Waals surface area contributed by atoms with Gasteiger partial charge in [-0.2, -0.15) is 0 Å². The summed E-state index contributed by atoms with van der Waals surface area (Å²) in [6, 6.07) is 22.6. The predicted octanol–water partition coefficient (Wildman–Crippen LogP) is 2.77. The van der Waals surface area contributed by atoms with Gasteiger partial charge in [0.25, 0.3) is 0 Å². The maximum Gasteiger partial charge on any atom is 1.00 e. The first-order valence-electron chi connectivity index (χ1n) is 11.1. The number of halogens is 1. The van der Waals surface area contributed by atoms with Crippen LogP contribution in [0.5, 0.6) is 0 Å². The van der Waals surface area contributed by atoms with Crippen molar-refractivity contribution in [2.24, 2.45) is 0 Å². The first kappa shape index (κ1) is 28.0. The molecule has 3 aromatic carbocycles. The van der Waals surface area contributed by atoms with Crippen LogP contribution in [-0.2, 0) is 22.9 Å². The molecule has 0 saturated carbocycles. The average molecular weight is 531 g/mol. The van der Waals surface area contributed by atoms with Gasteiger partial charge in [0.1, 0.15) is 5.82 Å². The van der Waals surface area contributed by atoms with E-state index in [1.54, 1.807) is 0 Å². The first-order valence-corrected chi connectivity index (χ1v) is 12.9. The van der Waals surface area contributed by atoms with Gasteiger partial charge in [-0.25, -0.2) is 13.4 Å². The number of benzene rings is 3. The third-order valence-corrected chi connectivity index (χ3v) is 6.91. The molecule has 180 valence electrons. The standard InChI is InChI=1S/C26H25ClN4O3S.Na/c1-2-25-29-24(20-6-4-3-5-7-20)18-31(25)22-12-8-19(9-13-22)16-17-28-26(32)30-35(33,34)23-14-10-21(27)11-15-23;/h3-15,18H,2,16-17H2,1H3,(H2,28,30,32);/q;+1/p-1. The van der Waals surface area contributed by atoms with Crippen LogP contribution in [0.25, 0.3) is 21.7 Å². The van der Waals surface area contributed by atoms with Crippen LogP contribution in [0.1, 0.15) is 18.3 Å². The van der Waals surface area contributed by atoms with E-state index >= 15 is 0 Å². The number of sulfonamides is 1. The van der Waals surface area contributed by atoms with E-state index in [4.69, 9.17) is 16.6 Å². The summed E-state index contributed by atoms with van der Waals surface area (Å²) in [4.78, 5) is 16.7. The van der Waals surface area contributed by atoms with E-state index in [2.05, 4.69) is 21.5 Å². The zero-order valence-corrected chi connectivity index (χ0v) is 23.6. The minimum Gasteiger partial charge on any atom is -0.448 e. The number of hydrogen-bond donors (Lipinski definition) is 1. The van der Waals surface area contributed by atoms with Crippen molar-refractivity contribution in [1.29, 1.82) is 0 Å². The van der Waals surface area contributed by atoms with E-state index in [0.29, 0.717) is 11.4 Å². The summed E-state index contributed by atoms with van der Waals surface area (Å²) in [7, 11) is -4.09. The Morgan fingerprint density at radius 2 is 1.67 bits per heavy atom. The molecule has 0 radical (unpaired) electrons. The summed E-state index contributed by atoms with van der Waals surface area (Å²) in [6.07, 6.45) is 3.36. The van der Waals surface area contributed by atoms with E-state index in [-0.39, 0.29) is 41.0 Å². The normalized spacial score (nSPS) is 10.9. The van der Waals surface area contributed by atoms with Crippen LogP contribution in [0, 0.1) is 0 Å². The Hall–Kier alpha value is -2.62. The van der Waals surface area contributed by atoms with Crippen molar-refractivity contribution in [3.05, 3.63) is 106 Å². The quantitative estimate of drug-likeness (QED) is 0.354. The van der Waals surface area contributed by atoms with Gasteiger partial charge >= 0.3 is 29.6 Å². The number of urea groups is 1. The smallest absolute Gasteiger partial charge is 0.448 e. The monoisotopic (exact) mass is 530 g/mol. The number of hydrogen-bond acceptors (Lipinski definition) is 4. The number of nitrogens with zero attached hydrogens (tertiary/aromatic N) is 3. The Kier molecular flexibility index (Phi) is 9.76. The van der Waals surface area contributed by atoms with Crippen LogP contribution in [0.4, 0.5) is 4.79 Å². The Labute approximate surface area is 238 Å². The van der Waals surface area contributed by atoms with E-state index in [0.717, 1.165) is 34.8 Å². The van der Waals surface area contributed by atoms with Crippen LogP contribution in [0.2, 0.25) is 5.02 Å². The molecular weight excluding hydrogens is 507 g/mol. The molecule has 1 aromatic heterocycles. The molecule has 0 unspecified atom stereocenters. The molecule has 0 fully saturated rings. The van der Waals surface area contributed by atoms with Gasteiger partial charge < -0.3 is 14.6 Å². The summed E-state index contributed by atoms with van der Waals surface area (Å²) >= 11 is 5.77. The molecule has 0 aliphatic rings. The molecule has 0 spiro atoms. The fraction of sp³-hybridized carbons (Fsp3) is 0.154. The molecule has 1 N–H and O–H groups in total. The topological polar surface area (TPSA) is 95.2 Å². The maximum absolute atomic E-state index is 12.2. The van der Waals surface area contributed by atoms with Crippen LogP contribution in [0.15, 0.2) is 90.0 Å². The maximum atomic E-state index is 12.2. The number of amides is 2. The minimum absolute atomic E-state index is 0. The van der Waals surface area contributed by atoms with Gasteiger partial charge in [-0.15, -0.1) is 0 Å². The predicted molar refractivity (Wildman–Crippen MR) is 137 cm³/mol. The zero-order chi connectivity index (χ0) is 24.8. The molecule has 0 aliphatic carbocycles. The van der Waals surface area contributed by atoms with E-state index in [9.17, 15) is 13.2 Å². The largest absolute Gasteiger partial charge is 1.00 e. The summed E-state index contributed by atoms with van der Waals surface area (Å²) in [5.41, 5.74) is 3.98. The van der Waals surface area contributed by atoms with Crippen LogP contribution < -0.4 is 34.9 Å². The van der Waals surface area contributed by atoms with Crippen LogP contribution in [0.3, 0.4) is 0 Å². The number of nitrogens with one attached hydrogen (secondary N) is 1. The Morgan fingerprint density at radius 3 is 2.31 bits per heavy atom. The summed E-state index contributed by atoms with van der Waals surface area (Å²) in [5, 5.41) is 2.93. The molecule has 0 atom stereocenters. The molecule has 2 amide bonds. The van der Waals surface area contributed by atoms with Crippen LogP contribution in [-0.4, -0.2) is 30.5 Å². The second-order valence-corrected chi connectivity index (χ2v) is 9.84. The van der Waals surface area contributed by atoms with Crippen molar-refractivity contribution >= 4 is 27.7 Å². The van der Waals surface area contributed by atoms with Gasteiger partial charge in [0.05, 0.1) is 10.6 Å². The average Bonchev–Trinajstić information content (AvgIpc) is 3.30. The van der Waals surface area contributed by atoms with Crippen molar-refractivity contribution in [3.8, 4) is 16.9 Å². The van der Waals surface area contributed by atoms with Gasteiger partial charge in [0.15, 0.2) is 6.03 Å². The Morgan fingerprint density at radius 1 is 1.00 bits per heavy atom. The second kappa shape index (κ2) is 12.6. The number of rotatable bonds is 8. The Balaban J connectivity index is 0.00000361. The van der Waals surface area contributed by atoms with Gasteiger partial charge in [-0.3, -0.25) is 4.79 Å². The molecule has 1 heterocycles. The van der Waals surface area contributed by atoms with Gasteiger partial charge in [0.2, 0.25) is 10.0 Å². The SMILES string of the molecule is CCc1nc(-c2ccccc2)cn1-c1ccc(CCNC(=O)[N-]S(=O)(=O)c2ccc(Cl)cc2)cc1.[Na+]. The number of carbonyl (C=O) groups excluding carboxylic acids is 1. The second-order valence-electron chi connectivity index (χ2n) is 7.80. The summed E-state index contributed by atoms with van der Waals surface area (Å²) < 4.78 is 29.8. The van der Waals surface area contributed by atoms with Gasteiger partial charge in [-0.05, 0) is 54.9 Å². The molecular formula is C26H24ClN4NaO3S.